The summed E-state index contributed by atoms with van der Waals surface area (Å²) in [6, 6.07) is 6.22. The van der Waals surface area contributed by atoms with Crippen LogP contribution in [0.15, 0.2) is 34.2 Å². The van der Waals surface area contributed by atoms with Crippen molar-refractivity contribution in [3.05, 3.63) is 24.3 Å². The topological polar surface area (TPSA) is 98.5 Å². The maximum absolute atomic E-state index is 11.2. The van der Waals surface area contributed by atoms with Gasteiger partial charge in [0, 0.05) is 5.92 Å². The fourth-order valence-corrected chi connectivity index (χ4v) is 2.75. The van der Waals surface area contributed by atoms with E-state index in [1.54, 1.807) is 12.1 Å². The van der Waals surface area contributed by atoms with Gasteiger partial charge in [-0.25, -0.2) is 18.5 Å². The first-order valence-electron chi connectivity index (χ1n) is 5.94. The zero-order chi connectivity index (χ0) is 13.2. The summed E-state index contributed by atoms with van der Waals surface area (Å²) in [5.74, 6) is 0.905. The fourth-order valence-electron chi connectivity index (χ4n) is 2.19. The molecule has 2 rings (SSSR count). The molecule has 98 valence electrons. The zero-order valence-corrected chi connectivity index (χ0v) is 10.9. The van der Waals surface area contributed by atoms with Gasteiger partial charge in [0.1, 0.15) is 5.84 Å². The number of hydrogen-bond acceptors (Lipinski definition) is 3. The molecule has 0 unspecified atom stereocenters. The van der Waals surface area contributed by atoms with E-state index < -0.39 is 10.0 Å². The van der Waals surface area contributed by atoms with E-state index in [1.807, 2.05) is 0 Å². The third-order valence-corrected chi connectivity index (χ3v) is 4.09. The smallest absolute Gasteiger partial charge is 0.238 e. The van der Waals surface area contributed by atoms with Crippen LogP contribution in [0.3, 0.4) is 0 Å². The molecular weight excluding hydrogens is 250 g/mol. The average molecular weight is 267 g/mol. The zero-order valence-electron chi connectivity index (χ0n) is 10.0. The molecule has 1 aliphatic rings. The summed E-state index contributed by atoms with van der Waals surface area (Å²) >= 11 is 0. The normalized spacial score (nSPS) is 18.2. The van der Waals surface area contributed by atoms with Crippen molar-refractivity contribution in [1.29, 1.82) is 0 Å². The van der Waals surface area contributed by atoms with Gasteiger partial charge in [0.15, 0.2) is 0 Å². The van der Waals surface area contributed by atoms with E-state index in [4.69, 9.17) is 10.9 Å². The van der Waals surface area contributed by atoms with E-state index >= 15 is 0 Å². The Morgan fingerprint density at radius 2 is 1.94 bits per heavy atom. The van der Waals surface area contributed by atoms with Gasteiger partial charge >= 0.3 is 0 Å². The summed E-state index contributed by atoms with van der Waals surface area (Å²) in [5.41, 5.74) is 6.47. The van der Waals surface area contributed by atoms with Crippen LogP contribution in [0.25, 0.3) is 0 Å². The first-order valence-corrected chi connectivity index (χ1v) is 7.48. The number of benzene rings is 1. The SMILES string of the molecule is NC(=Nc1cccc(S(N)(=O)=O)c1)C1CCCC1. The van der Waals surface area contributed by atoms with Crippen LogP contribution in [0.4, 0.5) is 5.69 Å². The van der Waals surface area contributed by atoms with Crippen LogP contribution in [0.1, 0.15) is 25.7 Å². The molecule has 0 atom stereocenters. The second-order valence-corrected chi connectivity index (χ2v) is 6.12. The third kappa shape index (κ3) is 3.08. The van der Waals surface area contributed by atoms with Crippen LogP contribution in [0.5, 0.6) is 0 Å². The van der Waals surface area contributed by atoms with Gasteiger partial charge in [0.25, 0.3) is 0 Å². The summed E-state index contributed by atoms with van der Waals surface area (Å²) in [4.78, 5) is 4.35. The van der Waals surface area contributed by atoms with Crippen LogP contribution in [-0.4, -0.2) is 14.3 Å². The van der Waals surface area contributed by atoms with E-state index in [2.05, 4.69) is 4.99 Å². The summed E-state index contributed by atoms with van der Waals surface area (Å²) in [6.45, 7) is 0. The number of aliphatic imine (C=N–C) groups is 1. The Labute approximate surface area is 107 Å². The van der Waals surface area contributed by atoms with Gasteiger partial charge < -0.3 is 5.73 Å². The number of nitrogens with zero attached hydrogens (tertiary/aromatic N) is 1. The minimum absolute atomic E-state index is 0.0583. The predicted octanol–water partition coefficient (Wildman–Crippen LogP) is 1.51. The maximum atomic E-state index is 11.2. The lowest BCUT2D eigenvalue weighted by Gasteiger charge is -2.08. The lowest BCUT2D eigenvalue weighted by molar-refractivity contribution is 0.598. The molecule has 4 N–H and O–H groups in total. The Balaban J connectivity index is 2.26. The van der Waals surface area contributed by atoms with Crippen molar-refractivity contribution < 1.29 is 8.42 Å². The fraction of sp³-hybridized carbons (Fsp3) is 0.417. The van der Waals surface area contributed by atoms with Crippen molar-refractivity contribution in [2.75, 3.05) is 0 Å². The summed E-state index contributed by atoms with van der Waals surface area (Å²) in [6.07, 6.45) is 4.48. The highest BCUT2D eigenvalue weighted by molar-refractivity contribution is 7.89. The molecule has 0 spiro atoms. The Hall–Kier alpha value is -1.40. The summed E-state index contributed by atoms with van der Waals surface area (Å²) in [7, 11) is -3.69. The van der Waals surface area contributed by atoms with E-state index in [9.17, 15) is 8.42 Å². The molecule has 1 aliphatic carbocycles. The lowest BCUT2D eigenvalue weighted by Crippen LogP contribution is -2.20. The van der Waals surface area contributed by atoms with E-state index in [0.717, 1.165) is 12.8 Å². The van der Waals surface area contributed by atoms with Crippen LogP contribution in [0, 0.1) is 5.92 Å². The average Bonchev–Trinajstić information content (AvgIpc) is 2.81. The van der Waals surface area contributed by atoms with Crippen molar-refractivity contribution in [2.45, 2.75) is 30.6 Å². The van der Waals surface area contributed by atoms with Gasteiger partial charge in [-0.05, 0) is 31.0 Å². The van der Waals surface area contributed by atoms with Crippen molar-refractivity contribution in [2.24, 2.45) is 21.8 Å². The van der Waals surface area contributed by atoms with Gasteiger partial charge in [-0.15, -0.1) is 0 Å². The minimum atomic E-state index is -3.69. The molecule has 0 amide bonds. The molecule has 0 bridgehead atoms. The number of primary sulfonamides is 1. The number of nitrogens with two attached hydrogens (primary N) is 2. The standard InChI is InChI=1S/C12H17N3O2S/c13-12(9-4-1-2-5-9)15-10-6-3-7-11(8-10)18(14,16)17/h3,6-9H,1-2,4-5H2,(H2,13,15)(H2,14,16,17). The van der Waals surface area contributed by atoms with Crippen molar-refractivity contribution in [1.82, 2.24) is 0 Å². The quantitative estimate of drug-likeness (QED) is 0.641. The molecule has 0 heterocycles. The van der Waals surface area contributed by atoms with Gasteiger partial charge in [-0.1, -0.05) is 18.9 Å². The van der Waals surface area contributed by atoms with Crippen molar-refractivity contribution in [3.63, 3.8) is 0 Å². The van der Waals surface area contributed by atoms with Crippen molar-refractivity contribution >= 4 is 21.5 Å². The second kappa shape index (κ2) is 5.07. The van der Waals surface area contributed by atoms with E-state index in [0.29, 0.717) is 17.4 Å². The predicted molar refractivity (Wildman–Crippen MR) is 71.1 cm³/mol. The van der Waals surface area contributed by atoms with Crippen LogP contribution in [-0.2, 0) is 10.0 Å². The lowest BCUT2D eigenvalue weighted by atomic mass is 10.1. The van der Waals surface area contributed by atoms with Gasteiger partial charge in [-0.3, -0.25) is 0 Å². The monoisotopic (exact) mass is 267 g/mol. The molecule has 0 radical (unpaired) electrons. The molecule has 1 aromatic rings. The molecule has 0 aromatic heterocycles. The molecule has 0 saturated heterocycles. The van der Waals surface area contributed by atoms with Crippen LogP contribution >= 0.6 is 0 Å². The summed E-state index contributed by atoms with van der Waals surface area (Å²) in [5, 5.41) is 5.07. The Morgan fingerprint density at radius 3 is 2.56 bits per heavy atom. The minimum Gasteiger partial charge on any atom is -0.387 e. The Bertz CT molecular complexity index is 560. The number of amidine groups is 1. The molecule has 6 heteroatoms. The van der Waals surface area contributed by atoms with E-state index in [-0.39, 0.29) is 4.90 Å². The Morgan fingerprint density at radius 1 is 1.28 bits per heavy atom. The largest absolute Gasteiger partial charge is 0.387 e. The third-order valence-electron chi connectivity index (χ3n) is 3.18. The molecule has 1 aromatic carbocycles. The molecule has 18 heavy (non-hydrogen) atoms. The summed E-state index contributed by atoms with van der Waals surface area (Å²) < 4.78 is 22.5. The van der Waals surface area contributed by atoms with E-state index in [1.165, 1.54) is 25.0 Å². The first-order chi connectivity index (χ1) is 8.47. The van der Waals surface area contributed by atoms with Crippen LogP contribution < -0.4 is 10.9 Å². The second-order valence-electron chi connectivity index (χ2n) is 4.56. The molecular formula is C12H17N3O2S. The molecule has 5 nitrogen and oxygen atoms in total. The molecule has 1 saturated carbocycles. The Kier molecular flexibility index (Phi) is 3.68. The molecule has 1 fully saturated rings. The molecule has 0 aliphatic heterocycles. The van der Waals surface area contributed by atoms with Gasteiger partial charge in [-0.2, -0.15) is 0 Å². The highest BCUT2D eigenvalue weighted by Crippen LogP contribution is 2.26. The number of sulfonamides is 1. The van der Waals surface area contributed by atoms with Gasteiger partial charge in [0.05, 0.1) is 10.6 Å². The van der Waals surface area contributed by atoms with Gasteiger partial charge in [0.2, 0.25) is 10.0 Å². The maximum Gasteiger partial charge on any atom is 0.238 e. The van der Waals surface area contributed by atoms with Crippen molar-refractivity contribution in [3.8, 4) is 0 Å². The first kappa shape index (κ1) is 13.0. The highest BCUT2D eigenvalue weighted by atomic mass is 32.2. The number of rotatable bonds is 3. The van der Waals surface area contributed by atoms with Crippen LogP contribution in [0.2, 0.25) is 0 Å². The number of hydrogen-bond donors (Lipinski definition) is 2. The highest BCUT2D eigenvalue weighted by Gasteiger charge is 2.18.